The van der Waals surface area contributed by atoms with Gasteiger partial charge in [-0.3, -0.25) is 4.79 Å². The van der Waals surface area contributed by atoms with Crippen molar-refractivity contribution in [2.45, 2.75) is 46.5 Å². The first-order valence-corrected chi connectivity index (χ1v) is 6.07. The van der Waals surface area contributed by atoms with Crippen molar-refractivity contribution in [3.63, 3.8) is 0 Å². The van der Waals surface area contributed by atoms with Crippen molar-refractivity contribution >= 4 is 5.78 Å². The molecule has 1 aromatic rings. The van der Waals surface area contributed by atoms with Gasteiger partial charge in [0.05, 0.1) is 0 Å². The van der Waals surface area contributed by atoms with Crippen LogP contribution in [0.5, 0.6) is 0 Å². The Morgan fingerprint density at radius 2 is 2.00 bits per heavy atom. The molecule has 1 aliphatic carbocycles. The minimum absolute atomic E-state index is 0.245. The van der Waals surface area contributed by atoms with Gasteiger partial charge in [-0.05, 0) is 36.0 Å². The van der Waals surface area contributed by atoms with Crippen LogP contribution in [0.1, 0.15) is 61.5 Å². The summed E-state index contributed by atoms with van der Waals surface area (Å²) >= 11 is 0. The van der Waals surface area contributed by atoms with E-state index in [0.717, 1.165) is 12.0 Å². The quantitative estimate of drug-likeness (QED) is 0.649. The van der Waals surface area contributed by atoms with Crippen molar-refractivity contribution in [1.82, 2.24) is 0 Å². The van der Waals surface area contributed by atoms with Gasteiger partial charge in [0.25, 0.3) is 0 Å². The maximum Gasteiger partial charge on any atom is 0.168 e. The minimum Gasteiger partial charge on any atom is -0.294 e. The third kappa shape index (κ3) is 1.91. The topological polar surface area (TPSA) is 17.1 Å². The fourth-order valence-electron chi connectivity index (χ4n) is 2.40. The van der Waals surface area contributed by atoms with Gasteiger partial charge in [-0.2, -0.15) is 0 Å². The van der Waals surface area contributed by atoms with Crippen LogP contribution in [0.25, 0.3) is 0 Å². The predicted molar refractivity (Wildman–Crippen MR) is 67.0 cm³/mol. The molecule has 0 heterocycles. The smallest absolute Gasteiger partial charge is 0.168 e. The number of carbonyl (C=O) groups is 1. The first kappa shape index (κ1) is 11.4. The molecule has 2 rings (SSSR count). The Bertz CT molecular complexity index is 424. The van der Waals surface area contributed by atoms with Gasteiger partial charge >= 0.3 is 0 Å². The van der Waals surface area contributed by atoms with Crippen molar-refractivity contribution in [2.75, 3.05) is 0 Å². The fraction of sp³-hybridized carbons (Fsp3) is 0.533. The highest BCUT2D eigenvalue weighted by molar-refractivity contribution is 6.00. The number of hydrogen-bond donors (Lipinski definition) is 0. The van der Waals surface area contributed by atoms with E-state index in [1.54, 1.807) is 0 Å². The molecule has 0 bridgehead atoms. The number of rotatable bonds is 1. The molecule has 0 unspecified atom stereocenters. The van der Waals surface area contributed by atoms with Gasteiger partial charge in [-0.25, -0.2) is 0 Å². The average Bonchev–Trinajstić information content (AvgIpc) is 2.57. The maximum atomic E-state index is 12.1. The van der Waals surface area contributed by atoms with Gasteiger partial charge in [-0.1, -0.05) is 39.8 Å². The molecule has 1 aliphatic rings. The van der Waals surface area contributed by atoms with Crippen LogP contribution in [0.4, 0.5) is 0 Å². The molecule has 1 nitrogen and oxygen atoms in total. The SMILES string of the molecule is C[C@H]1CCc2cc(C(=O)C(C)(C)C)ccc21. The number of ketones is 1. The molecule has 0 aliphatic heterocycles. The van der Waals surface area contributed by atoms with Crippen molar-refractivity contribution in [2.24, 2.45) is 5.41 Å². The van der Waals surface area contributed by atoms with Crippen LogP contribution >= 0.6 is 0 Å². The van der Waals surface area contributed by atoms with Gasteiger partial charge in [0.15, 0.2) is 5.78 Å². The van der Waals surface area contributed by atoms with Crippen LogP contribution in [0.15, 0.2) is 18.2 Å². The van der Waals surface area contributed by atoms with Crippen molar-refractivity contribution in [3.05, 3.63) is 34.9 Å². The summed E-state index contributed by atoms with van der Waals surface area (Å²) in [6, 6.07) is 6.24. The third-order valence-electron chi connectivity index (χ3n) is 3.46. The molecule has 1 heteroatoms. The minimum atomic E-state index is -0.279. The summed E-state index contributed by atoms with van der Waals surface area (Å²) in [5, 5.41) is 0. The summed E-state index contributed by atoms with van der Waals surface area (Å²) in [6.45, 7) is 8.19. The highest BCUT2D eigenvalue weighted by Crippen LogP contribution is 2.34. The molecular formula is C15H20O. The molecule has 16 heavy (non-hydrogen) atoms. The number of Topliss-reactive ketones (excluding diaryl/α,β-unsaturated/α-hetero) is 1. The largest absolute Gasteiger partial charge is 0.294 e. The van der Waals surface area contributed by atoms with Crippen LogP contribution in [-0.4, -0.2) is 5.78 Å². The van der Waals surface area contributed by atoms with E-state index in [1.807, 2.05) is 26.8 Å². The second-order valence-electron chi connectivity index (χ2n) is 5.93. The number of benzene rings is 1. The zero-order valence-corrected chi connectivity index (χ0v) is 10.6. The molecule has 0 aromatic heterocycles. The predicted octanol–water partition coefficient (Wildman–Crippen LogP) is 3.97. The number of carbonyl (C=O) groups excluding carboxylic acids is 1. The monoisotopic (exact) mass is 216 g/mol. The van der Waals surface area contributed by atoms with Crippen LogP contribution in [-0.2, 0) is 6.42 Å². The number of hydrogen-bond acceptors (Lipinski definition) is 1. The lowest BCUT2D eigenvalue weighted by molar-refractivity contribution is 0.0858. The van der Waals surface area contributed by atoms with Crippen molar-refractivity contribution < 1.29 is 4.79 Å². The summed E-state index contributed by atoms with van der Waals surface area (Å²) in [5.74, 6) is 0.906. The first-order chi connectivity index (χ1) is 7.39. The van der Waals surface area contributed by atoms with Gasteiger partial charge in [0, 0.05) is 11.0 Å². The van der Waals surface area contributed by atoms with Crippen molar-refractivity contribution in [1.29, 1.82) is 0 Å². The van der Waals surface area contributed by atoms with Crippen LogP contribution in [0.2, 0.25) is 0 Å². The molecule has 0 spiro atoms. The summed E-state index contributed by atoms with van der Waals surface area (Å²) in [4.78, 5) is 12.1. The molecule has 86 valence electrons. The lowest BCUT2D eigenvalue weighted by atomic mass is 9.85. The molecule has 0 amide bonds. The standard InChI is InChI=1S/C15H20O/c1-10-5-6-11-9-12(7-8-13(10)11)14(16)15(2,3)4/h7-10H,5-6H2,1-4H3/t10-/m0/s1. The van der Waals surface area contributed by atoms with E-state index in [0.29, 0.717) is 5.92 Å². The van der Waals surface area contributed by atoms with Crippen LogP contribution in [0, 0.1) is 5.41 Å². The Morgan fingerprint density at radius 3 is 2.62 bits per heavy atom. The Kier molecular flexibility index (Phi) is 2.65. The van der Waals surface area contributed by atoms with Gasteiger partial charge in [0.1, 0.15) is 0 Å². The number of aryl methyl sites for hydroxylation is 1. The molecule has 0 N–H and O–H groups in total. The molecule has 0 fully saturated rings. The zero-order chi connectivity index (χ0) is 11.9. The van der Waals surface area contributed by atoms with Gasteiger partial charge in [-0.15, -0.1) is 0 Å². The maximum absolute atomic E-state index is 12.1. The van der Waals surface area contributed by atoms with Crippen LogP contribution < -0.4 is 0 Å². The van der Waals surface area contributed by atoms with E-state index in [4.69, 9.17) is 0 Å². The van der Waals surface area contributed by atoms with E-state index < -0.39 is 0 Å². The Hall–Kier alpha value is -1.11. The van der Waals surface area contributed by atoms with E-state index >= 15 is 0 Å². The average molecular weight is 216 g/mol. The zero-order valence-electron chi connectivity index (χ0n) is 10.6. The van der Waals surface area contributed by atoms with Crippen molar-refractivity contribution in [3.8, 4) is 0 Å². The first-order valence-electron chi connectivity index (χ1n) is 6.07. The second kappa shape index (κ2) is 3.73. The van der Waals surface area contributed by atoms with E-state index in [-0.39, 0.29) is 11.2 Å². The molecule has 0 saturated heterocycles. The van der Waals surface area contributed by atoms with E-state index in [1.165, 1.54) is 17.5 Å². The lowest BCUT2D eigenvalue weighted by Crippen LogP contribution is -2.20. The summed E-state index contributed by atoms with van der Waals surface area (Å²) in [6.07, 6.45) is 2.35. The summed E-state index contributed by atoms with van der Waals surface area (Å²) < 4.78 is 0. The lowest BCUT2D eigenvalue weighted by Gasteiger charge is -2.17. The Balaban J connectivity index is 2.36. The molecule has 1 aromatic carbocycles. The van der Waals surface area contributed by atoms with E-state index in [9.17, 15) is 4.79 Å². The Morgan fingerprint density at radius 1 is 1.31 bits per heavy atom. The highest BCUT2D eigenvalue weighted by Gasteiger charge is 2.25. The molecular weight excluding hydrogens is 196 g/mol. The fourth-order valence-corrected chi connectivity index (χ4v) is 2.40. The molecule has 0 radical (unpaired) electrons. The molecule has 0 saturated carbocycles. The summed E-state index contributed by atoms with van der Waals surface area (Å²) in [5.41, 5.74) is 3.41. The third-order valence-corrected chi connectivity index (χ3v) is 3.46. The van der Waals surface area contributed by atoms with Gasteiger partial charge < -0.3 is 0 Å². The van der Waals surface area contributed by atoms with Crippen LogP contribution in [0.3, 0.4) is 0 Å². The Labute approximate surface area is 97.9 Å². The second-order valence-corrected chi connectivity index (χ2v) is 5.93. The van der Waals surface area contributed by atoms with E-state index in [2.05, 4.69) is 19.1 Å². The normalized spacial score (nSPS) is 19.6. The molecule has 1 atom stereocenters. The summed E-state index contributed by atoms with van der Waals surface area (Å²) in [7, 11) is 0. The number of fused-ring (bicyclic) bond motifs is 1. The highest BCUT2D eigenvalue weighted by atomic mass is 16.1. The van der Waals surface area contributed by atoms with Gasteiger partial charge in [0.2, 0.25) is 0 Å².